The van der Waals surface area contributed by atoms with E-state index in [4.69, 9.17) is 10.5 Å². The van der Waals surface area contributed by atoms with Gasteiger partial charge in [-0.1, -0.05) is 0 Å². The van der Waals surface area contributed by atoms with Gasteiger partial charge in [-0.25, -0.2) is 14.8 Å². The zero-order chi connectivity index (χ0) is 23.8. The van der Waals surface area contributed by atoms with Crippen molar-refractivity contribution in [3.8, 4) is 0 Å². The lowest BCUT2D eigenvalue weighted by Gasteiger charge is -2.32. The summed E-state index contributed by atoms with van der Waals surface area (Å²) >= 11 is 0. The van der Waals surface area contributed by atoms with Gasteiger partial charge in [-0.3, -0.25) is 0 Å². The lowest BCUT2D eigenvalue weighted by molar-refractivity contribution is -0.137. The quantitative estimate of drug-likeness (QED) is 0.648. The van der Waals surface area contributed by atoms with Crippen molar-refractivity contribution in [3.05, 3.63) is 46.4 Å². The number of anilines is 2. The highest BCUT2D eigenvalue weighted by Crippen LogP contribution is 2.34. The summed E-state index contributed by atoms with van der Waals surface area (Å²) in [6.07, 6.45) is -4.41. The molecule has 0 radical (unpaired) electrons. The van der Waals surface area contributed by atoms with E-state index < -0.39 is 29.5 Å². The number of aryl methyl sites for hydroxylation is 1. The van der Waals surface area contributed by atoms with E-state index in [1.165, 1.54) is 6.07 Å². The zero-order valence-corrected chi connectivity index (χ0v) is 18.8. The Labute approximate surface area is 185 Å². The van der Waals surface area contributed by atoms with E-state index >= 15 is 0 Å². The summed E-state index contributed by atoms with van der Waals surface area (Å²) in [5.74, 6) is 1.01. The van der Waals surface area contributed by atoms with E-state index in [9.17, 15) is 18.0 Å². The lowest BCUT2D eigenvalue weighted by atomic mass is 10.0. The van der Waals surface area contributed by atoms with Gasteiger partial charge < -0.3 is 20.7 Å². The second kappa shape index (κ2) is 8.48. The molecule has 3 rings (SSSR count). The van der Waals surface area contributed by atoms with Gasteiger partial charge >= 0.3 is 12.3 Å². The SMILES string of the molecule is Cc1nc2c(c(N[C@H](C)c3cc(N)cc(C(F)(F)F)c3)n1)CN(C(=O)OC(C)(C)C)CC2. The minimum Gasteiger partial charge on any atom is -0.444 e. The van der Waals surface area contributed by atoms with Crippen LogP contribution in [0.3, 0.4) is 0 Å². The van der Waals surface area contributed by atoms with Gasteiger partial charge in [0.15, 0.2) is 0 Å². The van der Waals surface area contributed by atoms with Gasteiger partial charge in [0.2, 0.25) is 0 Å². The topological polar surface area (TPSA) is 93.4 Å². The normalized spacial score (nSPS) is 15.2. The predicted octanol–water partition coefficient (Wildman–Crippen LogP) is 4.85. The number of nitrogens with two attached hydrogens (primary N) is 1. The molecule has 10 heteroatoms. The molecule has 7 nitrogen and oxygen atoms in total. The molecule has 0 spiro atoms. The van der Waals surface area contributed by atoms with Crippen molar-refractivity contribution in [1.29, 1.82) is 0 Å². The van der Waals surface area contributed by atoms with E-state index in [2.05, 4.69) is 15.3 Å². The van der Waals surface area contributed by atoms with Crippen LogP contribution in [0.25, 0.3) is 0 Å². The van der Waals surface area contributed by atoms with E-state index in [-0.39, 0.29) is 12.2 Å². The molecule has 0 fully saturated rings. The highest BCUT2D eigenvalue weighted by Gasteiger charge is 2.32. The third kappa shape index (κ3) is 5.60. The molecule has 0 aliphatic carbocycles. The van der Waals surface area contributed by atoms with Crippen molar-refractivity contribution in [2.24, 2.45) is 0 Å². The number of amides is 1. The summed E-state index contributed by atoms with van der Waals surface area (Å²) in [5.41, 5.74) is 6.21. The molecule has 174 valence electrons. The second-order valence-electron chi connectivity index (χ2n) is 8.95. The van der Waals surface area contributed by atoms with Crippen molar-refractivity contribution in [2.75, 3.05) is 17.6 Å². The van der Waals surface area contributed by atoms with Crippen LogP contribution in [0, 0.1) is 6.92 Å². The van der Waals surface area contributed by atoms with Crippen LogP contribution in [0.4, 0.5) is 29.5 Å². The van der Waals surface area contributed by atoms with Gasteiger partial charge in [-0.15, -0.1) is 0 Å². The van der Waals surface area contributed by atoms with E-state index in [1.807, 2.05) is 0 Å². The average Bonchev–Trinajstić information content (AvgIpc) is 2.65. The van der Waals surface area contributed by atoms with Gasteiger partial charge in [0, 0.05) is 24.2 Å². The number of hydrogen-bond donors (Lipinski definition) is 2. The number of carbonyl (C=O) groups excluding carboxylic acids is 1. The third-order valence-corrected chi connectivity index (χ3v) is 4.98. The van der Waals surface area contributed by atoms with Crippen molar-refractivity contribution in [1.82, 2.24) is 14.9 Å². The molecule has 0 saturated carbocycles. The molecule has 0 bridgehead atoms. The van der Waals surface area contributed by atoms with Crippen molar-refractivity contribution < 1.29 is 22.7 Å². The highest BCUT2D eigenvalue weighted by molar-refractivity contribution is 5.69. The molecule has 3 N–H and O–H groups in total. The number of nitrogens with zero attached hydrogens (tertiary/aromatic N) is 3. The lowest BCUT2D eigenvalue weighted by Crippen LogP contribution is -2.40. The molecule has 1 aliphatic rings. The van der Waals surface area contributed by atoms with Crippen LogP contribution in [0.1, 0.15) is 61.9 Å². The number of fused-ring (bicyclic) bond motifs is 1. The van der Waals surface area contributed by atoms with E-state index in [0.717, 1.165) is 23.4 Å². The molecule has 1 amide bonds. The number of aromatic nitrogens is 2. The van der Waals surface area contributed by atoms with Gasteiger partial charge in [0.05, 0.1) is 23.8 Å². The maximum absolute atomic E-state index is 13.2. The first-order valence-electron chi connectivity index (χ1n) is 10.3. The Hall–Kier alpha value is -3.04. The van der Waals surface area contributed by atoms with Crippen molar-refractivity contribution in [2.45, 2.75) is 65.4 Å². The Balaban J connectivity index is 1.88. The Kier molecular flexibility index (Phi) is 6.26. The summed E-state index contributed by atoms with van der Waals surface area (Å²) in [4.78, 5) is 23.1. The molecule has 32 heavy (non-hydrogen) atoms. The standard InChI is InChI=1S/C22H28F3N5O2/c1-12(14-8-15(22(23,24)25)10-16(26)9-14)27-19-17-11-30(20(31)32-21(3,4)5)7-6-18(17)28-13(2)29-19/h8-10,12H,6-7,11,26H2,1-5H3,(H,27,28,29)/t12-/m1/s1. The Morgan fingerprint density at radius 2 is 1.91 bits per heavy atom. The Bertz CT molecular complexity index is 1020. The highest BCUT2D eigenvalue weighted by atomic mass is 19.4. The first-order chi connectivity index (χ1) is 14.7. The molecule has 1 aliphatic heterocycles. The molecule has 1 atom stereocenters. The monoisotopic (exact) mass is 451 g/mol. The maximum atomic E-state index is 13.2. The van der Waals surface area contributed by atoms with Crippen molar-refractivity contribution in [3.63, 3.8) is 0 Å². The molecular weight excluding hydrogens is 423 g/mol. The fourth-order valence-electron chi connectivity index (χ4n) is 3.52. The number of halogens is 3. The fourth-order valence-corrected chi connectivity index (χ4v) is 3.52. The number of alkyl halides is 3. The van der Waals surface area contributed by atoms with Crippen LogP contribution in [0.5, 0.6) is 0 Å². The molecule has 2 aromatic rings. The molecule has 0 saturated heterocycles. The van der Waals surface area contributed by atoms with Gasteiger partial charge in [-0.05, 0) is 58.4 Å². The van der Waals surface area contributed by atoms with Crippen LogP contribution >= 0.6 is 0 Å². The molecular formula is C22H28F3N5O2. The Morgan fingerprint density at radius 3 is 2.53 bits per heavy atom. The number of carbonyl (C=O) groups is 1. The third-order valence-electron chi connectivity index (χ3n) is 4.98. The molecule has 0 unspecified atom stereocenters. The summed E-state index contributed by atoms with van der Waals surface area (Å²) in [6, 6.07) is 2.96. The number of nitrogen functional groups attached to an aromatic ring is 1. The van der Waals surface area contributed by atoms with Crippen LogP contribution in [-0.4, -0.2) is 33.1 Å². The number of hydrogen-bond acceptors (Lipinski definition) is 6. The largest absolute Gasteiger partial charge is 0.444 e. The van der Waals surface area contributed by atoms with Crippen LogP contribution < -0.4 is 11.1 Å². The predicted molar refractivity (Wildman–Crippen MR) is 115 cm³/mol. The van der Waals surface area contributed by atoms with Crippen LogP contribution in [0.2, 0.25) is 0 Å². The second-order valence-corrected chi connectivity index (χ2v) is 8.95. The summed E-state index contributed by atoms with van der Waals surface area (Å²) in [5, 5.41) is 3.19. The summed E-state index contributed by atoms with van der Waals surface area (Å²) < 4.78 is 45.1. The van der Waals surface area contributed by atoms with Crippen LogP contribution in [-0.2, 0) is 23.9 Å². The minimum atomic E-state index is -4.50. The Morgan fingerprint density at radius 1 is 1.22 bits per heavy atom. The van der Waals surface area contributed by atoms with Gasteiger partial charge in [-0.2, -0.15) is 13.2 Å². The smallest absolute Gasteiger partial charge is 0.416 e. The number of nitrogens with one attached hydrogen (secondary N) is 1. The molecule has 2 heterocycles. The van der Waals surface area contributed by atoms with Crippen molar-refractivity contribution >= 4 is 17.6 Å². The fraction of sp³-hybridized carbons (Fsp3) is 0.500. The first-order valence-corrected chi connectivity index (χ1v) is 10.3. The van der Waals surface area contributed by atoms with Crippen LogP contribution in [0.15, 0.2) is 18.2 Å². The molecule has 1 aromatic carbocycles. The van der Waals surface area contributed by atoms with E-state index in [1.54, 1.807) is 39.5 Å². The number of rotatable bonds is 3. The average molecular weight is 451 g/mol. The number of benzene rings is 1. The van der Waals surface area contributed by atoms with Gasteiger partial charge in [0.1, 0.15) is 17.2 Å². The maximum Gasteiger partial charge on any atom is 0.416 e. The minimum absolute atomic E-state index is 0.0282. The number of ether oxygens (including phenoxy) is 1. The summed E-state index contributed by atoms with van der Waals surface area (Å²) in [7, 11) is 0. The summed E-state index contributed by atoms with van der Waals surface area (Å²) in [6.45, 7) is 9.56. The van der Waals surface area contributed by atoms with E-state index in [0.29, 0.717) is 30.2 Å². The molecule has 1 aromatic heterocycles. The zero-order valence-electron chi connectivity index (χ0n) is 18.8. The van der Waals surface area contributed by atoms with Gasteiger partial charge in [0.25, 0.3) is 0 Å². The first kappa shape index (κ1) is 23.6.